The van der Waals surface area contributed by atoms with Gasteiger partial charge in [0.05, 0.1) is 0 Å². The topological polar surface area (TPSA) is 46.6 Å². The van der Waals surface area contributed by atoms with Crippen molar-refractivity contribution in [3.63, 3.8) is 0 Å². The molecule has 0 unspecified atom stereocenters. The molecule has 0 aliphatic carbocycles. The molecule has 1 fully saturated rings. The Morgan fingerprint density at radius 1 is 1.38 bits per heavy atom. The largest absolute Gasteiger partial charge is 0.444 e. The zero-order chi connectivity index (χ0) is 12.3. The summed E-state index contributed by atoms with van der Waals surface area (Å²) in [6.07, 6.45) is 0.941. The molecule has 1 aliphatic heterocycles. The first-order chi connectivity index (χ1) is 7.29. The number of piperidine rings is 1. The third-order valence-corrected chi connectivity index (χ3v) is 2.78. The van der Waals surface area contributed by atoms with Gasteiger partial charge in [-0.2, -0.15) is 0 Å². The molecule has 0 N–H and O–H groups in total. The number of halogens is 1. The number of ether oxygens (including phenoxy) is 1. The lowest BCUT2D eigenvalue weighted by atomic mass is 10.1. The number of carbonyl (C=O) groups excluding carboxylic acids is 2. The van der Waals surface area contributed by atoms with E-state index < -0.39 is 5.60 Å². The summed E-state index contributed by atoms with van der Waals surface area (Å²) in [6.45, 7) is 6.58. The van der Waals surface area contributed by atoms with Crippen molar-refractivity contribution in [2.24, 2.45) is 5.92 Å². The standard InChI is InChI=1S/C11H18ClNO3/c1-11(2,3)16-10(15)13-6-4-8(5-7-13)9(12)14/h8H,4-7H2,1-3H3/i9+2. The Morgan fingerprint density at radius 2 is 1.88 bits per heavy atom. The van der Waals surface area contributed by atoms with Gasteiger partial charge in [-0.25, -0.2) is 4.79 Å². The number of carbonyl (C=O) groups is 2. The maximum atomic E-state index is 11.7. The molecule has 0 aromatic heterocycles. The van der Waals surface area contributed by atoms with Gasteiger partial charge in [-0.3, -0.25) is 4.79 Å². The molecule has 16 heavy (non-hydrogen) atoms. The first-order valence-corrected chi connectivity index (χ1v) is 5.84. The molecule has 0 aromatic rings. The highest BCUT2D eigenvalue weighted by Gasteiger charge is 2.28. The molecule has 0 atom stereocenters. The molecule has 5 heteroatoms. The number of likely N-dealkylation sites (tertiary alicyclic amines) is 1. The molecular weight excluding hydrogens is 232 g/mol. The van der Waals surface area contributed by atoms with Crippen LogP contribution in [0.25, 0.3) is 0 Å². The van der Waals surface area contributed by atoms with Gasteiger partial charge < -0.3 is 9.64 Å². The van der Waals surface area contributed by atoms with E-state index in [0.29, 0.717) is 25.9 Å². The summed E-state index contributed by atoms with van der Waals surface area (Å²) in [5.74, 6) is -0.111. The molecule has 0 bridgehead atoms. The molecule has 1 amide bonds. The molecule has 1 rings (SSSR count). The Hall–Kier alpha value is -0.770. The lowest BCUT2D eigenvalue weighted by Crippen LogP contribution is -2.42. The maximum absolute atomic E-state index is 11.7. The van der Waals surface area contributed by atoms with Gasteiger partial charge in [0.15, 0.2) is 0 Å². The smallest absolute Gasteiger partial charge is 0.410 e. The van der Waals surface area contributed by atoms with E-state index in [0.717, 1.165) is 0 Å². The molecule has 0 radical (unpaired) electrons. The second-order valence-corrected chi connectivity index (χ2v) is 5.42. The molecule has 92 valence electrons. The number of hydrogen-bond donors (Lipinski definition) is 0. The van der Waals surface area contributed by atoms with E-state index in [4.69, 9.17) is 16.3 Å². The van der Waals surface area contributed by atoms with Crippen LogP contribution in [0.3, 0.4) is 0 Å². The van der Waals surface area contributed by atoms with E-state index in [1.165, 1.54) is 0 Å². The highest BCUT2D eigenvalue weighted by Crippen LogP contribution is 2.21. The fourth-order valence-corrected chi connectivity index (χ4v) is 1.83. The van der Waals surface area contributed by atoms with E-state index in [1.807, 2.05) is 20.8 Å². The van der Waals surface area contributed by atoms with Gasteiger partial charge in [-0.1, -0.05) is 0 Å². The molecular formula is C11H18ClNO3. The molecule has 0 saturated carbocycles. The van der Waals surface area contributed by atoms with Gasteiger partial charge in [0.1, 0.15) is 5.60 Å². The summed E-state index contributed by atoms with van der Waals surface area (Å²) in [5.41, 5.74) is -0.476. The van der Waals surface area contributed by atoms with Crippen LogP contribution in [0.2, 0.25) is 0 Å². The Bertz CT molecular complexity index is 277. The number of hydrogen-bond acceptors (Lipinski definition) is 3. The SMILES string of the molecule is CC(C)(C)OC(=O)N1CCC([14C](=O)Cl)CC1. The van der Waals surface area contributed by atoms with Gasteiger partial charge in [-0.05, 0) is 45.2 Å². The normalized spacial score (nSPS) is 18.4. The molecule has 1 saturated heterocycles. The van der Waals surface area contributed by atoms with Crippen molar-refractivity contribution in [3.05, 3.63) is 0 Å². The van der Waals surface area contributed by atoms with E-state index in [9.17, 15) is 9.59 Å². The minimum atomic E-state index is -0.476. The molecule has 0 aromatic carbocycles. The van der Waals surface area contributed by atoms with Gasteiger partial charge >= 0.3 is 6.09 Å². The van der Waals surface area contributed by atoms with Crippen molar-refractivity contribution in [1.29, 1.82) is 0 Å². The highest BCUT2D eigenvalue weighted by molar-refractivity contribution is 6.63. The quantitative estimate of drug-likeness (QED) is 0.671. The average Bonchev–Trinajstić information content (AvgIpc) is 2.15. The van der Waals surface area contributed by atoms with E-state index in [1.54, 1.807) is 4.90 Å². The summed E-state index contributed by atoms with van der Waals surface area (Å²) in [6, 6.07) is 0. The van der Waals surface area contributed by atoms with E-state index in [-0.39, 0.29) is 17.3 Å². The summed E-state index contributed by atoms with van der Waals surface area (Å²) in [7, 11) is 0. The summed E-state index contributed by atoms with van der Waals surface area (Å²) >= 11 is 5.42. The fraction of sp³-hybridized carbons (Fsp3) is 0.818. The monoisotopic (exact) mass is 249 g/mol. The molecule has 0 spiro atoms. The van der Waals surface area contributed by atoms with Crippen LogP contribution in [-0.2, 0) is 9.53 Å². The lowest BCUT2D eigenvalue weighted by molar-refractivity contribution is -0.116. The van der Waals surface area contributed by atoms with Gasteiger partial charge in [0.2, 0.25) is 5.24 Å². The van der Waals surface area contributed by atoms with Crippen LogP contribution in [0.4, 0.5) is 4.79 Å². The number of nitrogens with zero attached hydrogens (tertiary/aromatic N) is 1. The first kappa shape index (κ1) is 13.3. The molecule has 1 heterocycles. The fourth-order valence-electron chi connectivity index (χ4n) is 1.62. The van der Waals surface area contributed by atoms with Crippen molar-refractivity contribution in [2.75, 3.05) is 13.1 Å². The zero-order valence-electron chi connectivity index (χ0n) is 9.96. The average molecular weight is 250 g/mol. The van der Waals surface area contributed by atoms with Crippen molar-refractivity contribution in [3.8, 4) is 0 Å². The molecule has 1 aliphatic rings. The Morgan fingerprint density at radius 3 is 2.25 bits per heavy atom. The summed E-state index contributed by atoms with van der Waals surface area (Å²) < 4.78 is 5.24. The van der Waals surface area contributed by atoms with Crippen LogP contribution in [-0.4, -0.2) is 34.9 Å². The summed E-state index contributed by atoms with van der Waals surface area (Å²) in [4.78, 5) is 24.2. The Labute approximate surface area is 101 Å². The minimum absolute atomic E-state index is 0.111. The first-order valence-electron chi connectivity index (χ1n) is 5.47. The van der Waals surface area contributed by atoms with Crippen molar-refractivity contribution >= 4 is 22.9 Å². The Balaban J connectivity index is 2.42. The number of amides is 1. The second kappa shape index (κ2) is 5.04. The number of rotatable bonds is 1. The predicted molar refractivity (Wildman–Crippen MR) is 61.4 cm³/mol. The van der Waals surface area contributed by atoms with Crippen LogP contribution in [0, 0.1) is 5.92 Å². The van der Waals surface area contributed by atoms with Gasteiger partial charge in [0.25, 0.3) is 0 Å². The second-order valence-electron chi connectivity index (χ2n) is 5.05. The predicted octanol–water partition coefficient (Wildman–Crippen LogP) is 2.40. The van der Waals surface area contributed by atoms with E-state index in [2.05, 4.69) is 0 Å². The maximum Gasteiger partial charge on any atom is 0.410 e. The van der Waals surface area contributed by atoms with Crippen LogP contribution < -0.4 is 0 Å². The zero-order valence-corrected chi connectivity index (χ0v) is 10.7. The highest BCUT2D eigenvalue weighted by atomic mass is 35.5. The summed E-state index contributed by atoms with van der Waals surface area (Å²) in [5, 5.41) is -0.302. The van der Waals surface area contributed by atoms with Crippen molar-refractivity contribution in [2.45, 2.75) is 39.2 Å². The third-order valence-electron chi connectivity index (χ3n) is 2.47. The molecule has 4 nitrogen and oxygen atoms in total. The van der Waals surface area contributed by atoms with Gasteiger partial charge in [0, 0.05) is 19.0 Å². The van der Waals surface area contributed by atoms with Crippen LogP contribution in [0.15, 0.2) is 0 Å². The van der Waals surface area contributed by atoms with Crippen LogP contribution in [0.1, 0.15) is 33.6 Å². The van der Waals surface area contributed by atoms with E-state index >= 15 is 0 Å². The van der Waals surface area contributed by atoms with Crippen LogP contribution in [0.5, 0.6) is 0 Å². The Kier molecular flexibility index (Phi) is 4.19. The van der Waals surface area contributed by atoms with Crippen molar-refractivity contribution < 1.29 is 14.3 Å². The van der Waals surface area contributed by atoms with Crippen molar-refractivity contribution in [1.82, 2.24) is 4.90 Å². The minimum Gasteiger partial charge on any atom is -0.444 e. The third kappa shape index (κ3) is 4.00. The lowest BCUT2D eigenvalue weighted by Gasteiger charge is -2.32. The van der Waals surface area contributed by atoms with Gasteiger partial charge in [-0.15, -0.1) is 0 Å². The van der Waals surface area contributed by atoms with Crippen LogP contribution >= 0.6 is 11.6 Å².